The van der Waals surface area contributed by atoms with Crippen molar-refractivity contribution in [1.29, 1.82) is 0 Å². The first kappa shape index (κ1) is 23.0. The average molecular weight is 351 g/mol. The Morgan fingerprint density at radius 1 is 0.840 bits per heavy atom. The second-order valence-corrected chi connectivity index (χ2v) is 10.7. The van der Waals surface area contributed by atoms with Crippen LogP contribution < -0.4 is 0 Å². The van der Waals surface area contributed by atoms with Gasteiger partial charge in [0, 0.05) is 0 Å². The molecule has 0 heteroatoms. The maximum absolute atomic E-state index is 2.51. The van der Waals surface area contributed by atoms with Gasteiger partial charge in [0.15, 0.2) is 0 Å². The molecule has 0 saturated heterocycles. The predicted molar refractivity (Wildman–Crippen MR) is 115 cm³/mol. The van der Waals surface area contributed by atoms with Crippen molar-refractivity contribution >= 4 is 0 Å². The topological polar surface area (TPSA) is 0 Å². The highest BCUT2D eigenvalue weighted by Crippen LogP contribution is 2.57. The molecule has 0 bridgehead atoms. The van der Waals surface area contributed by atoms with Crippen LogP contribution in [-0.2, 0) is 0 Å². The molecule has 0 N–H and O–H groups in total. The third kappa shape index (κ3) is 5.49. The van der Waals surface area contributed by atoms with Crippen molar-refractivity contribution in [2.45, 2.75) is 127 Å². The minimum atomic E-state index is 0.467. The first-order valence-electron chi connectivity index (χ1n) is 11.6. The summed E-state index contributed by atoms with van der Waals surface area (Å²) in [5, 5.41) is 0. The fourth-order valence-electron chi connectivity index (χ4n) is 5.38. The lowest BCUT2D eigenvalue weighted by atomic mass is 9.51. The summed E-state index contributed by atoms with van der Waals surface area (Å²) in [4.78, 5) is 0. The van der Waals surface area contributed by atoms with E-state index in [1.807, 2.05) is 0 Å². The zero-order chi connectivity index (χ0) is 19.3. The minimum Gasteiger partial charge on any atom is -0.0649 e. The summed E-state index contributed by atoms with van der Waals surface area (Å²) >= 11 is 0. The van der Waals surface area contributed by atoms with Crippen LogP contribution in [0.5, 0.6) is 0 Å². The van der Waals surface area contributed by atoms with Crippen LogP contribution in [0, 0.1) is 34.0 Å². The summed E-state index contributed by atoms with van der Waals surface area (Å²) in [6, 6.07) is 0. The molecule has 150 valence electrons. The van der Waals surface area contributed by atoms with Gasteiger partial charge in [0.2, 0.25) is 0 Å². The Kier molecular flexibility index (Phi) is 8.55. The van der Waals surface area contributed by atoms with Crippen LogP contribution in [0.2, 0.25) is 0 Å². The van der Waals surface area contributed by atoms with E-state index >= 15 is 0 Å². The van der Waals surface area contributed by atoms with E-state index in [4.69, 9.17) is 0 Å². The molecule has 1 aliphatic carbocycles. The molecule has 2 atom stereocenters. The van der Waals surface area contributed by atoms with Crippen LogP contribution in [0.4, 0.5) is 0 Å². The van der Waals surface area contributed by atoms with Crippen LogP contribution in [0.3, 0.4) is 0 Å². The number of hydrogen-bond donors (Lipinski definition) is 0. The fourth-order valence-corrected chi connectivity index (χ4v) is 5.38. The van der Waals surface area contributed by atoms with E-state index in [1.165, 1.54) is 64.2 Å². The van der Waals surface area contributed by atoms with Crippen LogP contribution in [0.1, 0.15) is 127 Å². The Morgan fingerprint density at radius 2 is 1.40 bits per heavy atom. The normalized spacial score (nSPS) is 22.3. The lowest BCUT2D eigenvalue weighted by molar-refractivity contribution is -0.0371. The molecule has 1 saturated carbocycles. The molecule has 0 aromatic rings. The highest BCUT2D eigenvalue weighted by Gasteiger charge is 2.47. The summed E-state index contributed by atoms with van der Waals surface area (Å²) in [6.45, 7) is 22.1. The van der Waals surface area contributed by atoms with E-state index in [0.29, 0.717) is 16.2 Å². The van der Waals surface area contributed by atoms with Gasteiger partial charge in [-0.05, 0) is 59.7 Å². The van der Waals surface area contributed by atoms with Crippen molar-refractivity contribution < 1.29 is 0 Å². The molecule has 0 amide bonds. The van der Waals surface area contributed by atoms with E-state index < -0.39 is 0 Å². The second kappa shape index (κ2) is 9.27. The summed E-state index contributed by atoms with van der Waals surface area (Å²) in [5.41, 5.74) is 1.65. The third-order valence-corrected chi connectivity index (χ3v) is 9.05. The number of hydrogen-bond acceptors (Lipinski definition) is 0. The van der Waals surface area contributed by atoms with Gasteiger partial charge in [-0.3, -0.25) is 0 Å². The van der Waals surface area contributed by atoms with Crippen molar-refractivity contribution in [2.75, 3.05) is 0 Å². The smallest absolute Gasteiger partial charge is 0.0267 e. The summed E-state index contributed by atoms with van der Waals surface area (Å²) in [7, 11) is 0. The van der Waals surface area contributed by atoms with E-state index in [9.17, 15) is 0 Å². The van der Waals surface area contributed by atoms with E-state index in [2.05, 4.69) is 62.3 Å². The largest absolute Gasteiger partial charge is 0.0649 e. The molecule has 0 aromatic heterocycles. The van der Waals surface area contributed by atoms with Gasteiger partial charge in [0.25, 0.3) is 0 Å². The van der Waals surface area contributed by atoms with Crippen LogP contribution in [0.15, 0.2) is 0 Å². The molecule has 2 unspecified atom stereocenters. The van der Waals surface area contributed by atoms with Crippen molar-refractivity contribution in [3.63, 3.8) is 0 Å². The molecule has 1 rings (SSSR count). The Balaban J connectivity index is 2.72. The molecule has 0 spiro atoms. The average Bonchev–Trinajstić information content (AvgIpc) is 2.56. The molecular formula is C25H50. The Morgan fingerprint density at radius 3 is 1.76 bits per heavy atom. The molecule has 0 heterocycles. The van der Waals surface area contributed by atoms with E-state index in [0.717, 1.165) is 17.8 Å². The molecular weight excluding hydrogens is 300 g/mol. The van der Waals surface area contributed by atoms with Gasteiger partial charge < -0.3 is 0 Å². The molecule has 1 fully saturated rings. The van der Waals surface area contributed by atoms with Crippen molar-refractivity contribution in [1.82, 2.24) is 0 Å². The predicted octanol–water partition coefficient (Wildman–Crippen LogP) is 8.89. The zero-order valence-electron chi connectivity index (χ0n) is 19.3. The van der Waals surface area contributed by atoms with Gasteiger partial charge in [0.05, 0.1) is 0 Å². The fraction of sp³-hybridized carbons (Fsp3) is 1.00. The van der Waals surface area contributed by atoms with Gasteiger partial charge >= 0.3 is 0 Å². The second-order valence-electron chi connectivity index (χ2n) is 10.7. The van der Waals surface area contributed by atoms with Crippen molar-refractivity contribution in [3.8, 4) is 0 Å². The van der Waals surface area contributed by atoms with Crippen LogP contribution >= 0.6 is 0 Å². The molecule has 0 aromatic carbocycles. The van der Waals surface area contributed by atoms with Gasteiger partial charge in [-0.1, -0.05) is 101 Å². The van der Waals surface area contributed by atoms with Gasteiger partial charge in [0.1, 0.15) is 0 Å². The molecule has 25 heavy (non-hydrogen) atoms. The lowest BCUT2D eigenvalue weighted by Gasteiger charge is -2.54. The lowest BCUT2D eigenvalue weighted by Crippen LogP contribution is -2.44. The molecule has 0 aliphatic heterocycles. The van der Waals surface area contributed by atoms with Crippen LogP contribution in [-0.4, -0.2) is 0 Å². The Bertz CT molecular complexity index is 367. The Hall–Kier alpha value is 0. The highest BCUT2D eigenvalue weighted by atomic mass is 14.5. The van der Waals surface area contributed by atoms with Gasteiger partial charge in [-0.25, -0.2) is 0 Å². The first-order chi connectivity index (χ1) is 11.6. The van der Waals surface area contributed by atoms with Gasteiger partial charge in [-0.15, -0.1) is 0 Å². The quantitative estimate of drug-likeness (QED) is 0.329. The Labute approximate surface area is 160 Å². The van der Waals surface area contributed by atoms with E-state index in [-0.39, 0.29) is 0 Å². The minimum absolute atomic E-state index is 0.467. The molecule has 1 aliphatic rings. The maximum Gasteiger partial charge on any atom is -0.0267 e. The standard InChI is InChI=1S/C25H50/c1-10-24(9,11-2)18-14-15-21-16-17-22(21)25(12-3,13-4)19-23(7,8)20(5)6/h20-22H,10-19H2,1-9H3. The SMILES string of the molecule is CCC(C)(CC)CCCC1CCC1C(CC)(CC)CC(C)(C)C(C)C. The van der Waals surface area contributed by atoms with Gasteiger partial charge in [-0.2, -0.15) is 0 Å². The van der Waals surface area contributed by atoms with E-state index in [1.54, 1.807) is 0 Å². The van der Waals surface area contributed by atoms with Crippen molar-refractivity contribution in [2.24, 2.45) is 34.0 Å². The molecule has 0 nitrogen and oxygen atoms in total. The summed E-state index contributed by atoms with van der Waals surface area (Å²) in [6.07, 6.45) is 14.2. The number of rotatable bonds is 12. The first-order valence-corrected chi connectivity index (χ1v) is 11.6. The zero-order valence-corrected chi connectivity index (χ0v) is 19.3. The maximum atomic E-state index is 2.51. The highest BCUT2D eigenvalue weighted by molar-refractivity contribution is 4.97. The van der Waals surface area contributed by atoms with Crippen LogP contribution in [0.25, 0.3) is 0 Å². The summed E-state index contributed by atoms with van der Waals surface area (Å²) < 4.78 is 0. The van der Waals surface area contributed by atoms with Crippen molar-refractivity contribution in [3.05, 3.63) is 0 Å². The monoisotopic (exact) mass is 350 g/mol. The summed E-state index contributed by atoms with van der Waals surface area (Å²) in [5.74, 6) is 2.79. The third-order valence-electron chi connectivity index (χ3n) is 9.05. The molecule has 0 radical (unpaired) electrons.